The molecule has 1 aliphatic rings. The number of hydrogen-bond acceptors (Lipinski definition) is 4. The molecule has 0 unspecified atom stereocenters. The van der Waals surface area contributed by atoms with Gasteiger partial charge >= 0.3 is 5.69 Å². The highest BCUT2D eigenvalue weighted by molar-refractivity contribution is 5.76. The second-order valence-corrected chi connectivity index (χ2v) is 7.33. The number of aryl methyl sites for hydroxylation is 1. The highest BCUT2D eigenvalue weighted by Crippen LogP contribution is 2.23. The molecule has 0 aliphatic carbocycles. The molecule has 0 saturated heterocycles. The highest BCUT2D eigenvalue weighted by Gasteiger charge is 2.26. The summed E-state index contributed by atoms with van der Waals surface area (Å²) in [6.45, 7) is 5.76. The predicted octanol–water partition coefficient (Wildman–Crippen LogP) is 1.33. The quantitative estimate of drug-likeness (QED) is 0.696. The van der Waals surface area contributed by atoms with E-state index in [1.54, 1.807) is 18.3 Å². The molecule has 27 heavy (non-hydrogen) atoms. The van der Waals surface area contributed by atoms with E-state index in [9.17, 15) is 9.59 Å². The van der Waals surface area contributed by atoms with Gasteiger partial charge in [-0.15, -0.1) is 5.10 Å². The molecule has 4 heterocycles. The summed E-state index contributed by atoms with van der Waals surface area (Å²) < 4.78 is 5.01. The van der Waals surface area contributed by atoms with Crippen LogP contribution in [0.25, 0.3) is 5.65 Å². The van der Waals surface area contributed by atoms with Crippen LogP contribution >= 0.6 is 0 Å². The van der Waals surface area contributed by atoms with Crippen LogP contribution in [0.1, 0.15) is 43.4 Å². The van der Waals surface area contributed by atoms with E-state index in [-0.39, 0.29) is 24.6 Å². The van der Waals surface area contributed by atoms with E-state index in [1.807, 2.05) is 11.0 Å². The zero-order chi connectivity index (χ0) is 19.1. The van der Waals surface area contributed by atoms with Gasteiger partial charge in [0.25, 0.3) is 0 Å². The van der Waals surface area contributed by atoms with E-state index in [1.165, 1.54) is 14.8 Å². The molecular formula is C19H24N6O2. The Morgan fingerprint density at radius 1 is 1.30 bits per heavy atom. The Balaban J connectivity index is 1.45. The monoisotopic (exact) mass is 368 g/mol. The number of hydrogen-bond donors (Lipinski definition) is 0. The third kappa shape index (κ3) is 3.05. The van der Waals surface area contributed by atoms with Gasteiger partial charge in [0.2, 0.25) is 5.91 Å². The van der Waals surface area contributed by atoms with E-state index < -0.39 is 0 Å². The molecule has 0 fully saturated rings. The minimum absolute atomic E-state index is 0.0290. The number of pyridine rings is 1. The molecule has 0 N–H and O–H groups in total. The first-order valence-electron chi connectivity index (χ1n) is 9.32. The van der Waals surface area contributed by atoms with Crippen molar-refractivity contribution in [3.05, 3.63) is 52.1 Å². The maximum absolute atomic E-state index is 12.7. The predicted molar refractivity (Wildman–Crippen MR) is 100 cm³/mol. The van der Waals surface area contributed by atoms with Crippen molar-refractivity contribution in [2.24, 2.45) is 7.05 Å². The zero-order valence-electron chi connectivity index (χ0n) is 15.9. The smallest absolute Gasteiger partial charge is 0.336 e. The van der Waals surface area contributed by atoms with Crippen LogP contribution < -0.4 is 5.69 Å². The standard InChI is InChI=1S/C19H24N6O2/c1-13(2)18-20-14-12-23(10-7-15(14)22(18)3)17(26)8-11-25-19(27)24-9-5-4-6-16(24)21-25/h4-6,9,13H,7-8,10-12H2,1-3H3. The van der Waals surface area contributed by atoms with Gasteiger partial charge < -0.3 is 9.47 Å². The molecular weight excluding hydrogens is 344 g/mol. The molecule has 0 saturated carbocycles. The van der Waals surface area contributed by atoms with Crippen LogP contribution in [0.2, 0.25) is 0 Å². The zero-order valence-corrected chi connectivity index (χ0v) is 15.9. The van der Waals surface area contributed by atoms with E-state index in [0.29, 0.717) is 24.7 Å². The number of amides is 1. The number of imidazole rings is 1. The largest absolute Gasteiger partial charge is 0.350 e. The number of rotatable bonds is 4. The molecule has 0 bridgehead atoms. The molecule has 8 nitrogen and oxygen atoms in total. The minimum atomic E-state index is -0.217. The van der Waals surface area contributed by atoms with Gasteiger partial charge in [-0.05, 0) is 12.1 Å². The summed E-state index contributed by atoms with van der Waals surface area (Å²) in [5, 5.41) is 4.28. The molecule has 0 spiro atoms. The molecule has 3 aromatic rings. The molecule has 0 aromatic carbocycles. The van der Waals surface area contributed by atoms with Crippen molar-refractivity contribution in [2.75, 3.05) is 6.54 Å². The first-order valence-corrected chi connectivity index (χ1v) is 9.32. The number of nitrogens with zero attached hydrogens (tertiary/aromatic N) is 6. The maximum atomic E-state index is 12.7. The lowest BCUT2D eigenvalue weighted by Crippen LogP contribution is -2.37. The normalized spacial score (nSPS) is 14.1. The van der Waals surface area contributed by atoms with Crippen LogP contribution in [-0.4, -0.2) is 41.1 Å². The first-order chi connectivity index (χ1) is 13.0. The summed E-state index contributed by atoms with van der Waals surface area (Å²) in [4.78, 5) is 31.6. The summed E-state index contributed by atoms with van der Waals surface area (Å²) in [6, 6.07) is 5.40. The number of carbonyl (C=O) groups excluding carboxylic acids is 1. The second-order valence-electron chi connectivity index (χ2n) is 7.33. The Hall–Kier alpha value is -2.90. The molecule has 0 atom stereocenters. The van der Waals surface area contributed by atoms with E-state index >= 15 is 0 Å². The molecule has 0 radical (unpaired) electrons. The van der Waals surface area contributed by atoms with Crippen molar-refractivity contribution in [3.8, 4) is 0 Å². The Bertz CT molecular complexity index is 1060. The van der Waals surface area contributed by atoms with Gasteiger partial charge in [-0.2, -0.15) is 0 Å². The van der Waals surface area contributed by atoms with Gasteiger partial charge in [0.05, 0.1) is 18.8 Å². The van der Waals surface area contributed by atoms with Gasteiger partial charge in [0.1, 0.15) is 5.82 Å². The fraction of sp³-hybridized carbons (Fsp3) is 0.474. The van der Waals surface area contributed by atoms with Crippen molar-refractivity contribution in [3.63, 3.8) is 0 Å². The van der Waals surface area contributed by atoms with Crippen LogP contribution in [0.3, 0.4) is 0 Å². The topological polar surface area (TPSA) is 77.4 Å². The Morgan fingerprint density at radius 3 is 2.85 bits per heavy atom. The molecule has 4 rings (SSSR count). The Morgan fingerprint density at radius 2 is 2.11 bits per heavy atom. The van der Waals surface area contributed by atoms with Gasteiger partial charge in [0, 0.05) is 44.2 Å². The van der Waals surface area contributed by atoms with E-state index in [2.05, 4.69) is 30.6 Å². The summed E-state index contributed by atoms with van der Waals surface area (Å²) >= 11 is 0. The fourth-order valence-electron chi connectivity index (χ4n) is 3.75. The third-order valence-corrected chi connectivity index (χ3v) is 5.19. The van der Waals surface area contributed by atoms with Gasteiger partial charge in [0.15, 0.2) is 5.65 Å². The van der Waals surface area contributed by atoms with Crippen molar-refractivity contribution >= 4 is 11.6 Å². The highest BCUT2D eigenvalue weighted by atomic mass is 16.2. The maximum Gasteiger partial charge on any atom is 0.350 e. The van der Waals surface area contributed by atoms with Crippen LogP contribution in [0.5, 0.6) is 0 Å². The summed E-state index contributed by atoms with van der Waals surface area (Å²) in [5.41, 5.74) is 2.59. The molecule has 1 amide bonds. The van der Waals surface area contributed by atoms with Gasteiger partial charge in [-0.3, -0.25) is 9.20 Å². The molecule has 3 aromatic heterocycles. The van der Waals surface area contributed by atoms with Crippen LogP contribution in [0.15, 0.2) is 29.2 Å². The Kier molecular flexibility index (Phi) is 4.33. The second kappa shape index (κ2) is 6.68. The number of carbonyl (C=O) groups is 1. The average Bonchev–Trinajstić information content (AvgIpc) is 3.17. The van der Waals surface area contributed by atoms with Crippen LogP contribution in [0.4, 0.5) is 0 Å². The molecule has 1 aliphatic heterocycles. The third-order valence-electron chi connectivity index (χ3n) is 5.19. The van der Waals surface area contributed by atoms with Crippen molar-refractivity contribution < 1.29 is 4.79 Å². The van der Waals surface area contributed by atoms with E-state index in [0.717, 1.165) is 17.9 Å². The molecule has 142 valence electrons. The van der Waals surface area contributed by atoms with Gasteiger partial charge in [-0.1, -0.05) is 19.9 Å². The number of aromatic nitrogens is 5. The lowest BCUT2D eigenvalue weighted by atomic mass is 10.1. The molecule has 8 heteroatoms. The van der Waals surface area contributed by atoms with Crippen molar-refractivity contribution in [1.29, 1.82) is 0 Å². The number of fused-ring (bicyclic) bond motifs is 2. The lowest BCUT2D eigenvalue weighted by Gasteiger charge is -2.26. The van der Waals surface area contributed by atoms with E-state index in [4.69, 9.17) is 4.98 Å². The summed E-state index contributed by atoms with van der Waals surface area (Å²) in [5.74, 6) is 1.44. The van der Waals surface area contributed by atoms with Crippen molar-refractivity contribution in [2.45, 2.75) is 45.7 Å². The van der Waals surface area contributed by atoms with Crippen molar-refractivity contribution in [1.82, 2.24) is 28.6 Å². The van der Waals surface area contributed by atoms with Crippen LogP contribution in [-0.2, 0) is 31.4 Å². The summed E-state index contributed by atoms with van der Waals surface area (Å²) in [6.07, 6.45) is 2.75. The minimum Gasteiger partial charge on any atom is -0.336 e. The fourth-order valence-corrected chi connectivity index (χ4v) is 3.75. The average molecular weight is 368 g/mol. The van der Waals surface area contributed by atoms with Crippen LogP contribution in [0, 0.1) is 0 Å². The van der Waals surface area contributed by atoms with Gasteiger partial charge in [-0.25, -0.2) is 14.5 Å². The Labute approximate surface area is 157 Å². The first kappa shape index (κ1) is 17.5. The SMILES string of the molecule is CC(C)c1nc2c(n1C)CCN(C(=O)CCn1nc3ccccn3c1=O)C2. The summed E-state index contributed by atoms with van der Waals surface area (Å²) in [7, 11) is 2.05. The lowest BCUT2D eigenvalue weighted by molar-refractivity contribution is -0.132.